The van der Waals surface area contributed by atoms with Crippen molar-refractivity contribution in [1.29, 1.82) is 0 Å². The minimum atomic E-state index is -1.17. The van der Waals surface area contributed by atoms with Crippen LogP contribution in [0.15, 0.2) is 29.1 Å². The fourth-order valence-electron chi connectivity index (χ4n) is 4.51. The summed E-state index contributed by atoms with van der Waals surface area (Å²) in [6.45, 7) is 2.03. The molecule has 1 unspecified atom stereocenters. The molecule has 1 N–H and O–H groups in total. The fourth-order valence-corrected chi connectivity index (χ4v) is 4.51. The molecule has 1 fully saturated rings. The molecular formula is C22H28N4O5. The number of rotatable bonds is 5. The molecule has 2 amide bonds. The molecule has 9 heteroatoms. The summed E-state index contributed by atoms with van der Waals surface area (Å²) in [5, 5.41) is 3.18. The van der Waals surface area contributed by atoms with Crippen LogP contribution in [-0.2, 0) is 22.6 Å². The van der Waals surface area contributed by atoms with E-state index in [0.29, 0.717) is 5.76 Å². The molecule has 2 aromatic heterocycles. The van der Waals surface area contributed by atoms with Crippen LogP contribution in [0, 0.1) is 0 Å². The predicted molar refractivity (Wildman–Crippen MR) is 110 cm³/mol. The second kappa shape index (κ2) is 8.56. The largest absolute Gasteiger partial charge is 0.467 e. The molecule has 31 heavy (non-hydrogen) atoms. The molecule has 0 spiro atoms. The molecule has 1 atom stereocenters. The fraction of sp³-hybridized carbons (Fsp3) is 0.545. The lowest BCUT2D eigenvalue weighted by molar-refractivity contribution is -0.134. The number of carbonyl (C=O) groups is 3. The van der Waals surface area contributed by atoms with Crippen molar-refractivity contribution in [3.63, 3.8) is 0 Å². The van der Waals surface area contributed by atoms with E-state index in [-0.39, 0.29) is 36.4 Å². The first-order valence-electron chi connectivity index (χ1n) is 10.7. The molecule has 4 rings (SSSR count). The van der Waals surface area contributed by atoms with Crippen molar-refractivity contribution in [2.24, 2.45) is 0 Å². The van der Waals surface area contributed by atoms with Gasteiger partial charge in [0.15, 0.2) is 5.69 Å². The zero-order valence-electron chi connectivity index (χ0n) is 17.9. The number of imidazole rings is 1. The number of aromatic nitrogens is 2. The summed E-state index contributed by atoms with van der Waals surface area (Å²) in [6, 6.07) is 3.59. The minimum absolute atomic E-state index is 0.0526. The highest BCUT2D eigenvalue weighted by molar-refractivity contribution is 6.06. The summed E-state index contributed by atoms with van der Waals surface area (Å²) in [6.07, 6.45) is 9.36. The lowest BCUT2D eigenvalue weighted by Crippen LogP contribution is -2.64. The van der Waals surface area contributed by atoms with E-state index in [1.54, 1.807) is 23.6 Å². The van der Waals surface area contributed by atoms with E-state index in [1.165, 1.54) is 37.4 Å². The van der Waals surface area contributed by atoms with Crippen LogP contribution in [0.5, 0.6) is 0 Å². The Morgan fingerprint density at radius 1 is 1.29 bits per heavy atom. The monoisotopic (exact) mass is 428 g/mol. The van der Waals surface area contributed by atoms with Gasteiger partial charge in [-0.15, -0.1) is 0 Å². The molecule has 166 valence electrons. The van der Waals surface area contributed by atoms with Gasteiger partial charge >= 0.3 is 5.97 Å². The first-order valence-corrected chi connectivity index (χ1v) is 10.7. The Bertz CT molecular complexity index is 959. The molecule has 0 bridgehead atoms. The van der Waals surface area contributed by atoms with Crippen molar-refractivity contribution in [3.05, 3.63) is 41.9 Å². The second-order valence-electron chi connectivity index (χ2n) is 8.47. The Morgan fingerprint density at radius 2 is 2.03 bits per heavy atom. The van der Waals surface area contributed by atoms with Gasteiger partial charge < -0.3 is 23.9 Å². The van der Waals surface area contributed by atoms with Gasteiger partial charge in [-0.3, -0.25) is 9.59 Å². The number of hydrogen-bond donors (Lipinski definition) is 1. The average molecular weight is 428 g/mol. The summed E-state index contributed by atoms with van der Waals surface area (Å²) in [5.41, 5.74) is -1.10. The molecule has 0 aromatic carbocycles. The quantitative estimate of drug-likeness (QED) is 0.579. The van der Waals surface area contributed by atoms with E-state index in [2.05, 4.69) is 10.3 Å². The zero-order valence-corrected chi connectivity index (χ0v) is 17.9. The van der Waals surface area contributed by atoms with E-state index >= 15 is 0 Å². The van der Waals surface area contributed by atoms with E-state index in [9.17, 15) is 14.4 Å². The van der Waals surface area contributed by atoms with Crippen LogP contribution < -0.4 is 5.32 Å². The standard InChI is InChI=1S/C22H28N4O5/c1-22(21(29)24-15-8-5-3-4-6-9-15)13-25-14-23-17(20(28)30-2)18(25)19(27)26(22)12-16-10-7-11-31-16/h7,10-11,14-15H,3-6,8-9,12-13H2,1-2H3,(H,24,29). The topological polar surface area (TPSA) is 107 Å². The third-order valence-electron chi connectivity index (χ3n) is 6.31. The number of hydrogen-bond acceptors (Lipinski definition) is 6. The summed E-state index contributed by atoms with van der Waals surface area (Å²) in [5.74, 6) is -0.807. The van der Waals surface area contributed by atoms with Crippen LogP contribution in [0.4, 0.5) is 0 Å². The van der Waals surface area contributed by atoms with E-state index in [0.717, 1.165) is 25.7 Å². The molecule has 1 aliphatic carbocycles. The summed E-state index contributed by atoms with van der Waals surface area (Å²) < 4.78 is 11.8. The molecular weight excluding hydrogens is 400 g/mol. The number of furan rings is 1. The number of fused-ring (bicyclic) bond motifs is 1. The molecule has 1 aliphatic heterocycles. The van der Waals surface area contributed by atoms with Crippen LogP contribution >= 0.6 is 0 Å². The van der Waals surface area contributed by atoms with Gasteiger partial charge in [0.05, 0.1) is 32.8 Å². The van der Waals surface area contributed by atoms with Crippen LogP contribution in [-0.4, -0.2) is 50.9 Å². The molecule has 3 heterocycles. The number of esters is 1. The van der Waals surface area contributed by atoms with Gasteiger partial charge in [0, 0.05) is 6.04 Å². The highest BCUT2D eigenvalue weighted by Gasteiger charge is 2.49. The van der Waals surface area contributed by atoms with Gasteiger partial charge in [-0.2, -0.15) is 0 Å². The number of nitrogens with zero attached hydrogens (tertiary/aromatic N) is 3. The second-order valence-corrected chi connectivity index (χ2v) is 8.47. The number of methoxy groups -OCH3 is 1. The maximum Gasteiger partial charge on any atom is 0.359 e. The Labute approximate surface area is 180 Å². The average Bonchev–Trinajstić information content (AvgIpc) is 3.35. The number of carbonyl (C=O) groups excluding carboxylic acids is 3. The summed E-state index contributed by atoms with van der Waals surface area (Å²) in [7, 11) is 1.24. The van der Waals surface area contributed by atoms with Crippen LogP contribution in [0.25, 0.3) is 0 Å². The first kappa shape index (κ1) is 21.1. The van der Waals surface area contributed by atoms with Crippen molar-refractivity contribution in [3.8, 4) is 0 Å². The SMILES string of the molecule is COC(=O)c1ncn2c1C(=O)N(Cc1ccco1)C(C)(C(=O)NC1CCCCCC1)C2. The Kier molecular flexibility index (Phi) is 5.84. The maximum atomic E-state index is 13.5. The summed E-state index contributed by atoms with van der Waals surface area (Å²) in [4.78, 5) is 44.8. The predicted octanol–water partition coefficient (Wildman–Crippen LogP) is 2.52. The molecule has 9 nitrogen and oxygen atoms in total. The smallest absolute Gasteiger partial charge is 0.359 e. The lowest BCUT2D eigenvalue weighted by Gasteiger charge is -2.44. The lowest BCUT2D eigenvalue weighted by atomic mass is 9.93. The van der Waals surface area contributed by atoms with Gasteiger partial charge in [0.2, 0.25) is 5.91 Å². The Hall–Kier alpha value is -3.10. The van der Waals surface area contributed by atoms with E-state index < -0.39 is 17.4 Å². The van der Waals surface area contributed by atoms with Crippen molar-refractivity contribution in [2.45, 2.75) is 70.1 Å². The normalized spacial score (nSPS) is 22.0. The van der Waals surface area contributed by atoms with Gasteiger partial charge in [-0.1, -0.05) is 25.7 Å². The first-order chi connectivity index (χ1) is 14.9. The summed E-state index contributed by atoms with van der Waals surface area (Å²) >= 11 is 0. The molecule has 2 aromatic rings. The van der Waals surface area contributed by atoms with Gasteiger partial charge in [0.25, 0.3) is 5.91 Å². The number of amides is 2. The maximum absolute atomic E-state index is 13.5. The van der Waals surface area contributed by atoms with E-state index in [1.807, 2.05) is 0 Å². The van der Waals surface area contributed by atoms with Crippen molar-refractivity contribution >= 4 is 17.8 Å². The third-order valence-corrected chi connectivity index (χ3v) is 6.31. The van der Waals surface area contributed by atoms with Crippen LogP contribution in [0.1, 0.15) is 72.2 Å². The van der Waals surface area contributed by atoms with Crippen molar-refractivity contribution in [1.82, 2.24) is 19.8 Å². The van der Waals surface area contributed by atoms with Crippen LogP contribution in [0.3, 0.4) is 0 Å². The van der Waals surface area contributed by atoms with Gasteiger partial charge in [-0.05, 0) is 31.9 Å². The molecule has 1 saturated carbocycles. The highest BCUT2D eigenvalue weighted by atomic mass is 16.5. The Morgan fingerprint density at radius 3 is 2.68 bits per heavy atom. The highest BCUT2D eigenvalue weighted by Crippen LogP contribution is 2.31. The van der Waals surface area contributed by atoms with Gasteiger partial charge in [0.1, 0.15) is 17.0 Å². The minimum Gasteiger partial charge on any atom is -0.467 e. The molecule has 0 saturated heterocycles. The Balaban J connectivity index is 1.68. The molecule has 0 radical (unpaired) electrons. The number of nitrogens with one attached hydrogen (secondary N) is 1. The van der Waals surface area contributed by atoms with Crippen molar-refractivity contribution < 1.29 is 23.5 Å². The van der Waals surface area contributed by atoms with Gasteiger partial charge in [-0.25, -0.2) is 9.78 Å². The number of ether oxygens (including phenoxy) is 1. The molecule has 2 aliphatic rings. The zero-order chi connectivity index (χ0) is 22.0. The third kappa shape index (κ3) is 3.96. The van der Waals surface area contributed by atoms with Crippen LogP contribution in [0.2, 0.25) is 0 Å². The van der Waals surface area contributed by atoms with E-state index in [4.69, 9.17) is 9.15 Å². The van der Waals surface area contributed by atoms with Crippen molar-refractivity contribution in [2.75, 3.05) is 7.11 Å².